The first-order valence-electron chi connectivity index (χ1n) is 15.3. The van der Waals surface area contributed by atoms with E-state index in [0.717, 1.165) is 60.5 Å². The summed E-state index contributed by atoms with van der Waals surface area (Å²) in [6, 6.07) is 12.5. The van der Waals surface area contributed by atoms with E-state index in [1.165, 1.54) is 18.2 Å². The van der Waals surface area contributed by atoms with Gasteiger partial charge < -0.3 is 20.5 Å². The minimum absolute atomic E-state index is 0.000319. The van der Waals surface area contributed by atoms with Crippen LogP contribution in [0.3, 0.4) is 0 Å². The number of halogens is 2. The van der Waals surface area contributed by atoms with E-state index < -0.39 is 39.0 Å². The number of nitrogens with zero attached hydrogens (tertiary/aromatic N) is 1. The summed E-state index contributed by atoms with van der Waals surface area (Å²) < 4.78 is 40.1. The minimum atomic E-state index is -4.75. The van der Waals surface area contributed by atoms with Crippen LogP contribution in [0.5, 0.6) is 11.5 Å². The molecule has 0 aliphatic carbocycles. The summed E-state index contributed by atoms with van der Waals surface area (Å²) in [5.74, 6) is -1.31. The van der Waals surface area contributed by atoms with Crippen LogP contribution in [0.25, 0.3) is 5.57 Å². The first-order chi connectivity index (χ1) is 23.4. The highest BCUT2D eigenvalue weighted by Gasteiger charge is 2.32. The SMILES string of the molecule is O=Cc1ccc(CNC(=O)c2cc(Cl)c(C3=c4cc5c(cc4Oc4cc6c(cc43)CCCN6)=NCCC5)c(C(=O)O)c2Cl)c(S(=O)(=O)O)c1. The van der Waals surface area contributed by atoms with E-state index in [0.29, 0.717) is 40.7 Å². The lowest BCUT2D eigenvalue weighted by Crippen LogP contribution is -2.27. The van der Waals surface area contributed by atoms with Crippen molar-refractivity contribution < 1.29 is 37.2 Å². The zero-order valence-electron chi connectivity index (χ0n) is 25.6. The molecule has 11 nitrogen and oxygen atoms in total. The molecular formula is C35H27Cl2N3O8S. The van der Waals surface area contributed by atoms with Gasteiger partial charge in [-0.1, -0.05) is 35.3 Å². The number of anilines is 1. The first-order valence-corrected chi connectivity index (χ1v) is 17.5. The van der Waals surface area contributed by atoms with Gasteiger partial charge in [0, 0.05) is 64.9 Å². The van der Waals surface area contributed by atoms with E-state index in [4.69, 9.17) is 27.9 Å². The van der Waals surface area contributed by atoms with Gasteiger partial charge in [0.25, 0.3) is 16.0 Å². The number of amides is 1. The molecule has 0 bridgehead atoms. The van der Waals surface area contributed by atoms with E-state index in [9.17, 15) is 32.5 Å². The maximum Gasteiger partial charge on any atom is 0.337 e. The van der Waals surface area contributed by atoms with Crippen molar-refractivity contribution in [2.24, 2.45) is 4.99 Å². The second kappa shape index (κ2) is 12.6. The van der Waals surface area contributed by atoms with Crippen molar-refractivity contribution in [3.05, 3.63) is 114 Å². The monoisotopic (exact) mass is 719 g/mol. The molecule has 0 saturated carbocycles. The fraction of sp³-hybridized carbons (Fsp3) is 0.200. The van der Waals surface area contributed by atoms with Crippen molar-refractivity contribution >= 4 is 62.7 Å². The largest absolute Gasteiger partial charge is 0.478 e. The fourth-order valence-corrected chi connectivity index (χ4v) is 7.93. The number of aldehydes is 1. The van der Waals surface area contributed by atoms with E-state index in [2.05, 4.69) is 15.6 Å². The molecule has 3 aliphatic rings. The zero-order chi connectivity index (χ0) is 34.6. The molecule has 4 N–H and O–H groups in total. The Bertz CT molecular complexity index is 2380. The van der Waals surface area contributed by atoms with Crippen LogP contribution < -0.4 is 25.9 Å². The van der Waals surface area contributed by atoms with Crippen LogP contribution in [0, 0.1) is 0 Å². The number of ether oxygens (including phenoxy) is 1. The van der Waals surface area contributed by atoms with Gasteiger partial charge in [0.15, 0.2) is 0 Å². The minimum Gasteiger partial charge on any atom is -0.478 e. The molecule has 0 unspecified atom stereocenters. The number of benzene rings is 4. The Kier molecular flexibility index (Phi) is 8.44. The van der Waals surface area contributed by atoms with Crippen molar-refractivity contribution in [1.29, 1.82) is 0 Å². The molecule has 0 radical (unpaired) electrons. The zero-order valence-corrected chi connectivity index (χ0v) is 27.9. The van der Waals surface area contributed by atoms with Crippen molar-refractivity contribution in [2.75, 3.05) is 18.4 Å². The van der Waals surface area contributed by atoms with Gasteiger partial charge in [-0.15, -0.1) is 0 Å². The van der Waals surface area contributed by atoms with Gasteiger partial charge in [-0.25, -0.2) is 4.79 Å². The number of carbonyl (C=O) groups excluding carboxylic acids is 2. The Morgan fingerprint density at radius 2 is 1.82 bits per heavy atom. The summed E-state index contributed by atoms with van der Waals surface area (Å²) in [6.07, 6.45) is 3.77. The molecule has 3 heterocycles. The lowest BCUT2D eigenvalue weighted by atomic mass is 9.86. The Hall–Kier alpha value is -4.75. The van der Waals surface area contributed by atoms with Gasteiger partial charge >= 0.3 is 5.97 Å². The Morgan fingerprint density at radius 1 is 1.02 bits per heavy atom. The number of hydrogen-bond donors (Lipinski definition) is 4. The van der Waals surface area contributed by atoms with E-state index in [-0.39, 0.29) is 32.3 Å². The third-order valence-corrected chi connectivity index (χ3v) is 10.5. The molecule has 250 valence electrons. The third-order valence-electron chi connectivity index (χ3n) is 8.84. The van der Waals surface area contributed by atoms with Gasteiger partial charge in [-0.3, -0.25) is 19.1 Å². The lowest BCUT2D eigenvalue weighted by Gasteiger charge is -2.27. The highest BCUT2D eigenvalue weighted by atomic mass is 35.5. The molecule has 4 aromatic rings. The summed E-state index contributed by atoms with van der Waals surface area (Å²) in [7, 11) is -4.75. The molecule has 0 saturated heterocycles. The highest BCUT2D eigenvalue weighted by molar-refractivity contribution is 7.85. The number of aromatic carboxylic acids is 1. The standard InChI is InChI=1S/C35H27Cl2N3O8S/c36-24-12-23(34(42)40-15-20-6-5-17(16-41)9-29(20)49(45,46)47)33(37)32(35(43)44)31(24)30-21-10-18-3-1-7-38-25(18)13-27(21)48-28-14-26-19(11-22(28)30)4-2-8-39-26/h5-6,9-14,16,38H,1-4,7-8,15H2,(H,40,42)(H,43,44)(H,45,46,47). The topological polar surface area (TPSA) is 171 Å². The number of carboxylic acid groups (broad SMARTS) is 1. The average Bonchev–Trinajstić information content (AvgIpc) is 3.08. The molecule has 7 rings (SSSR count). The van der Waals surface area contributed by atoms with Gasteiger partial charge in [-0.2, -0.15) is 8.42 Å². The molecule has 0 atom stereocenters. The average molecular weight is 721 g/mol. The van der Waals surface area contributed by atoms with Gasteiger partial charge in [0.05, 0.1) is 31.4 Å². The summed E-state index contributed by atoms with van der Waals surface area (Å²) in [5.41, 5.74) is 3.46. The number of carbonyl (C=O) groups is 3. The van der Waals surface area contributed by atoms with Gasteiger partial charge in [0.2, 0.25) is 0 Å². The maximum absolute atomic E-state index is 13.5. The summed E-state index contributed by atoms with van der Waals surface area (Å²) >= 11 is 13.7. The highest BCUT2D eigenvalue weighted by Crippen LogP contribution is 2.45. The molecule has 1 amide bonds. The molecule has 0 spiro atoms. The number of carboxylic acids is 1. The van der Waals surface area contributed by atoms with Crippen molar-refractivity contribution in [3.63, 3.8) is 0 Å². The number of nitrogens with one attached hydrogen (secondary N) is 2. The van der Waals surface area contributed by atoms with Crippen molar-refractivity contribution in [1.82, 2.24) is 5.32 Å². The Balaban J connectivity index is 1.39. The maximum atomic E-state index is 13.5. The van der Waals surface area contributed by atoms with Crippen LogP contribution >= 0.6 is 23.2 Å². The normalized spacial score (nSPS) is 14.6. The number of fused-ring (bicyclic) bond motifs is 4. The second-order valence-corrected chi connectivity index (χ2v) is 14.1. The number of hydrogen-bond acceptors (Lipinski definition) is 8. The van der Waals surface area contributed by atoms with E-state index >= 15 is 0 Å². The lowest BCUT2D eigenvalue weighted by molar-refractivity contribution is 0.0696. The van der Waals surface area contributed by atoms with Crippen molar-refractivity contribution in [2.45, 2.75) is 37.1 Å². The van der Waals surface area contributed by atoms with Gasteiger partial charge in [0.1, 0.15) is 17.8 Å². The molecule has 4 aromatic carbocycles. The molecular weight excluding hydrogens is 693 g/mol. The van der Waals surface area contributed by atoms with Crippen LogP contribution in [-0.2, 0) is 29.5 Å². The van der Waals surface area contributed by atoms with Crippen LogP contribution in [0.2, 0.25) is 10.0 Å². The molecule has 49 heavy (non-hydrogen) atoms. The smallest absolute Gasteiger partial charge is 0.337 e. The molecule has 0 aromatic heterocycles. The first kappa shape index (κ1) is 32.8. The van der Waals surface area contributed by atoms with Crippen LogP contribution in [-0.4, -0.2) is 49.3 Å². The van der Waals surface area contributed by atoms with E-state index in [1.807, 2.05) is 24.3 Å². The van der Waals surface area contributed by atoms with Crippen LogP contribution in [0.4, 0.5) is 5.69 Å². The van der Waals surface area contributed by atoms with E-state index in [1.54, 1.807) is 0 Å². The molecule has 3 aliphatic heterocycles. The van der Waals surface area contributed by atoms with Gasteiger partial charge in [-0.05, 0) is 66.6 Å². The third kappa shape index (κ3) is 5.95. The predicted octanol–water partition coefficient (Wildman–Crippen LogP) is 4.96. The van der Waals surface area contributed by atoms with Crippen LogP contribution in [0.1, 0.15) is 71.7 Å². The van der Waals surface area contributed by atoms with Crippen molar-refractivity contribution in [3.8, 4) is 11.5 Å². The quantitative estimate of drug-likeness (QED) is 0.134. The summed E-state index contributed by atoms with van der Waals surface area (Å²) in [5, 5.41) is 17.5. The summed E-state index contributed by atoms with van der Waals surface area (Å²) in [4.78, 5) is 41.8. The molecule has 0 fully saturated rings. The summed E-state index contributed by atoms with van der Waals surface area (Å²) in [6.45, 7) is 1.09. The Labute approximate surface area is 290 Å². The molecule has 14 heteroatoms. The number of aryl methyl sites for hydroxylation is 2. The fourth-order valence-electron chi connectivity index (χ4n) is 6.56. The number of rotatable bonds is 7. The van der Waals surface area contributed by atoms with Crippen LogP contribution in [0.15, 0.2) is 58.4 Å². The Morgan fingerprint density at radius 3 is 2.57 bits per heavy atom. The second-order valence-electron chi connectivity index (χ2n) is 11.9. The predicted molar refractivity (Wildman–Crippen MR) is 182 cm³/mol.